The van der Waals surface area contributed by atoms with Gasteiger partial charge in [-0.15, -0.1) is 0 Å². The fourth-order valence-corrected chi connectivity index (χ4v) is 12.2. The Hall–Kier alpha value is -8.92. The van der Waals surface area contributed by atoms with Gasteiger partial charge in [0.05, 0.1) is 22.1 Å². The second-order valence-corrected chi connectivity index (χ2v) is 18.3. The first-order chi connectivity index (χ1) is 33.7. The van der Waals surface area contributed by atoms with E-state index in [4.69, 9.17) is 4.42 Å². The van der Waals surface area contributed by atoms with E-state index in [1.807, 2.05) is 0 Å². The van der Waals surface area contributed by atoms with Crippen LogP contribution in [0.3, 0.4) is 0 Å². The van der Waals surface area contributed by atoms with Crippen LogP contribution in [0, 0.1) is 0 Å². The predicted octanol–water partition coefficient (Wildman–Crippen LogP) is 17.3. The molecular weight excluding hydrogens is 825 g/mol. The van der Waals surface area contributed by atoms with Crippen molar-refractivity contribution < 1.29 is 4.42 Å². The second-order valence-electron chi connectivity index (χ2n) is 18.3. The lowest BCUT2D eigenvalue weighted by molar-refractivity contribution is 0.672. The third kappa shape index (κ3) is 5.02. The zero-order chi connectivity index (χ0) is 44.5. The van der Waals surface area contributed by atoms with E-state index in [1.54, 1.807) is 0 Å². The number of furan rings is 1. The van der Waals surface area contributed by atoms with Gasteiger partial charge >= 0.3 is 0 Å². The minimum absolute atomic E-state index is 0.463. The lowest BCUT2D eigenvalue weighted by atomic mass is 9.70. The molecule has 2 aliphatic carbocycles. The second kappa shape index (κ2) is 14.0. The van der Waals surface area contributed by atoms with Crippen LogP contribution in [-0.2, 0) is 5.41 Å². The van der Waals surface area contributed by atoms with E-state index in [0.717, 1.165) is 61.2 Å². The maximum absolute atomic E-state index is 6.88. The van der Waals surface area contributed by atoms with Crippen molar-refractivity contribution in [3.63, 3.8) is 0 Å². The summed E-state index contributed by atoms with van der Waals surface area (Å²) in [6, 6.07) is 89.2. The number of aromatic nitrogens is 1. The van der Waals surface area contributed by atoms with E-state index >= 15 is 0 Å². The molecule has 316 valence electrons. The van der Waals surface area contributed by atoms with Crippen LogP contribution in [-0.4, -0.2) is 4.57 Å². The number of benzene rings is 11. The monoisotopic (exact) mass is 864 g/mol. The summed E-state index contributed by atoms with van der Waals surface area (Å²) in [5.74, 6) is 0. The van der Waals surface area contributed by atoms with Gasteiger partial charge in [0.2, 0.25) is 0 Å². The molecule has 0 saturated heterocycles. The summed E-state index contributed by atoms with van der Waals surface area (Å²) in [6.07, 6.45) is 0. The number of hydrogen-bond donors (Lipinski definition) is 0. The molecule has 3 heteroatoms. The highest BCUT2D eigenvalue weighted by molar-refractivity contribution is 6.16. The van der Waals surface area contributed by atoms with Crippen LogP contribution in [0.2, 0.25) is 0 Å². The normalized spacial score (nSPS) is 13.1. The number of para-hydroxylation sites is 2. The molecule has 0 atom stereocenters. The van der Waals surface area contributed by atoms with Gasteiger partial charge in [-0.25, -0.2) is 0 Å². The summed E-state index contributed by atoms with van der Waals surface area (Å²) >= 11 is 0. The van der Waals surface area contributed by atoms with Gasteiger partial charge in [-0.3, -0.25) is 0 Å². The molecule has 11 aromatic carbocycles. The van der Waals surface area contributed by atoms with Gasteiger partial charge in [0, 0.05) is 55.6 Å². The van der Waals surface area contributed by atoms with Crippen LogP contribution in [0.25, 0.3) is 93.6 Å². The van der Waals surface area contributed by atoms with Gasteiger partial charge < -0.3 is 13.9 Å². The lowest BCUT2D eigenvalue weighted by Gasteiger charge is -2.31. The van der Waals surface area contributed by atoms with E-state index in [-0.39, 0.29) is 0 Å². The van der Waals surface area contributed by atoms with Crippen LogP contribution in [0.15, 0.2) is 247 Å². The van der Waals surface area contributed by atoms with Crippen molar-refractivity contribution in [1.82, 2.24) is 4.57 Å². The molecule has 0 fully saturated rings. The van der Waals surface area contributed by atoms with Crippen LogP contribution in [0.4, 0.5) is 17.1 Å². The third-order valence-electron chi connectivity index (χ3n) is 15.0. The highest BCUT2D eigenvalue weighted by Gasteiger charge is 2.52. The molecule has 2 aromatic heterocycles. The number of rotatable bonds is 5. The van der Waals surface area contributed by atoms with Gasteiger partial charge in [-0.05, 0) is 116 Å². The Morgan fingerprint density at radius 2 is 0.941 bits per heavy atom. The van der Waals surface area contributed by atoms with Gasteiger partial charge in [0.1, 0.15) is 11.2 Å². The quantitative estimate of drug-likeness (QED) is 0.172. The van der Waals surface area contributed by atoms with E-state index in [1.165, 1.54) is 71.7 Å². The fourth-order valence-electron chi connectivity index (χ4n) is 12.2. The topological polar surface area (TPSA) is 21.3 Å². The van der Waals surface area contributed by atoms with Crippen LogP contribution < -0.4 is 4.90 Å². The molecule has 2 aliphatic rings. The predicted molar refractivity (Wildman–Crippen MR) is 282 cm³/mol. The van der Waals surface area contributed by atoms with Crippen molar-refractivity contribution in [2.45, 2.75) is 5.41 Å². The summed E-state index contributed by atoms with van der Waals surface area (Å²) in [5, 5.41) is 7.04. The molecule has 13 aromatic rings. The molecule has 0 aliphatic heterocycles. The molecule has 0 saturated carbocycles. The highest BCUT2D eigenvalue weighted by Crippen LogP contribution is 2.64. The zero-order valence-corrected chi connectivity index (χ0v) is 36.9. The molecule has 68 heavy (non-hydrogen) atoms. The fraction of sp³-hybridized carbons (Fsp3) is 0.0154. The molecular formula is C65H40N2O. The lowest BCUT2D eigenvalue weighted by Crippen LogP contribution is -2.26. The van der Waals surface area contributed by atoms with Crippen molar-refractivity contribution in [2.24, 2.45) is 0 Å². The summed E-state index contributed by atoms with van der Waals surface area (Å²) in [4.78, 5) is 2.45. The Morgan fingerprint density at radius 3 is 1.68 bits per heavy atom. The van der Waals surface area contributed by atoms with Gasteiger partial charge in [-0.2, -0.15) is 0 Å². The zero-order valence-electron chi connectivity index (χ0n) is 36.9. The first kappa shape index (κ1) is 37.3. The minimum Gasteiger partial charge on any atom is -0.455 e. The summed E-state index contributed by atoms with van der Waals surface area (Å²) in [6.45, 7) is 0. The number of hydrogen-bond acceptors (Lipinski definition) is 2. The summed E-state index contributed by atoms with van der Waals surface area (Å²) in [5.41, 5.74) is 20.8. The van der Waals surface area contributed by atoms with Crippen LogP contribution >= 0.6 is 0 Å². The molecule has 0 bridgehead atoms. The number of fused-ring (bicyclic) bond motifs is 18. The maximum Gasteiger partial charge on any atom is 0.143 e. The van der Waals surface area contributed by atoms with E-state index in [9.17, 15) is 0 Å². The molecule has 0 radical (unpaired) electrons. The molecule has 2 heterocycles. The largest absolute Gasteiger partial charge is 0.455 e. The van der Waals surface area contributed by atoms with Crippen LogP contribution in [0.5, 0.6) is 0 Å². The molecule has 0 N–H and O–H groups in total. The van der Waals surface area contributed by atoms with E-state index < -0.39 is 5.41 Å². The number of nitrogens with zero attached hydrogens (tertiary/aromatic N) is 2. The Balaban J connectivity index is 0.935. The minimum atomic E-state index is -0.463. The van der Waals surface area contributed by atoms with E-state index in [0.29, 0.717) is 0 Å². The van der Waals surface area contributed by atoms with Crippen molar-refractivity contribution in [1.29, 1.82) is 0 Å². The van der Waals surface area contributed by atoms with Crippen molar-refractivity contribution in [3.8, 4) is 39.1 Å². The highest BCUT2D eigenvalue weighted by atomic mass is 16.3. The molecule has 1 spiro atoms. The summed E-state index contributed by atoms with van der Waals surface area (Å²) < 4.78 is 9.27. The third-order valence-corrected chi connectivity index (χ3v) is 15.0. The number of anilines is 3. The standard InChI is InChI=1S/C65H40N2O/c1-2-18-47-42(15-1)33-37-53-52-38-36-46(40-62(52)68-64(47)53)66(44-34-31-41(32-35-44)43-16-13-17-45(39-43)67-59-28-11-6-21-50(59)51-22-7-12-29-60(51)67)61-30-14-27-58-63(61)54-23-5-10-26-57(54)65(58)55-24-8-3-19-48(55)49-20-4-9-25-56(49)65/h1-40H. The van der Waals surface area contributed by atoms with Crippen molar-refractivity contribution in [2.75, 3.05) is 4.90 Å². The smallest absolute Gasteiger partial charge is 0.143 e. The average molecular weight is 865 g/mol. The first-order valence-electron chi connectivity index (χ1n) is 23.5. The first-order valence-corrected chi connectivity index (χ1v) is 23.5. The van der Waals surface area contributed by atoms with Gasteiger partial charge in [0.15, 0.2) is 0 Å². The molecule has 15 rings (SSSR count). The van der Waals surface area contributed by atoms with Gasteiger partial charge in [0.25, 0.3) is 0 Å². The van der Waals surface area contributed by atoms with Gasteiger partial charge in [-0.1, -0.05) is 176 Å². The SMILES string of the molecule is c1cc(-c2ccc(N(c3ccc4c(c3)oc3c5ccccc5ccc43)c3cccc4c3-c3ccccc3C43c4ccccc4-c4ccccc43)cc2)cc(-n2c3ccccc3c3ccccc32)c1. The Kier molecular flexibility index (Phi) is 7.71. The average Bonchev–Trinajstić information content (AvgIpc) is 4.13. The molecule has 0 amide bonds. The maximum atomic E-state index is 6.88. The summed E-state index contributed by atoms with van der Waals surface area (Å²) in [7, 11) is 0. The Labute approximate surface area is 393 Å². The van der Waals surface area contributed by atoms with E-state index in [2.05, 4.69) is 252 Å². The van der Waals surface area contributed by atoms with Crippen molar-refractivity contribution >= 4 is 71.6 Å². The Morgan fingerprint density at radius 1 is 0.368 bits per heavy atom. The molecule has 0 unspecified atom stereocenters. The molecule has 3 nitrogen and oxygen atoms in total. The Bertz CT molecular complexity index is 4130. The van der Waals surface area contributed by atoms with Crippen molar-refractivity contribution in [3.05, 3.63) is 265 Å². The van der Waals surface area contributed by atoms with Crippen LogP contribution in [0.1, 0.15) is 22.3 Å².